The van der Waals surface area contributed by atoms with E-state index in [9.17, 15) is 0 Å². The van der Waals surface area contributed by atoms with Crippen LogP contribution in [0.15, 0.2) is 24.4 Å². The number of aryl methyl sites for hydroxylation is 2. The summed E-state index contributed by atoms with van der Waals surface area (Å²) in [6, 6.07) is 6.30. The second-order valence-corrected chi connectivity index (χ2v) is 6.33. The van der Waals surface area contributed by atoms with Crippen LogP contribution in [0.1, 0.15) is 23.2 Å². The Morgan fingerprint density at radius 2 is 2.17 bits per heavy atom. The molecule has 0 aromatic carbocycles. The van der Waals surface area contributed by atoms with Crippen molar-refractivity contribution in [1.82, 2.24) is 19.7 Å². The second kappa shape index (κ2) is 6.68. The van der Waals surface area contributed by atoms with Crippen molar-refractivity contribution >= 4 is 5.69 Å². The van der Waals surface area contributed by atoms with Crippen LogP contribution < -0.4 is 4.90 Å². The summed E-state index contributed by atoms with van der Waals surface area (Å²) in [5, 5.41) is 4.24. The molecule has 6 nitrogen and oxygen atoms in total. The topological polar surface area (TPSA) is 46.4 Å². The highest BCUT2D eigenvalue weighted by atomic mass is 16.5. The Morgan fingerprint density at radius 3 is 2.87 bits per heavy atom. The van der Waals surface area contributed by atoms with Crippen molar-refractivity contribution in [3.63, 3.8) is 0 Å². The first-order chi connectivity index (χ1) is 11.0. The van der Waals surface area contributed by atoms with E-state index < -0.39 is 0 Å². The van der Waals surface area contributed by atoms with E-state index >= 15 is 0 Å². The van der Waals surface area contributed by atoms with Gasteiger partial charge in [0.2, 0.25) is 0 Å². The van der Waals surface area contributed by atoms with Crippen molar-refractivity contribution in [3.8, 4) is 0 Å². The van der Waals surface area contributed by atoms with Crippen LogP contribution in [0.5, 0.6) is 0 Å². The highest BCUT2D eigenvalue weighted by Crippen LogP contribution is 2.25. The van der Waals surface area contributed by atoms with E-state index in [1.807, 2.05) is 24.9 Å². The molecular formula is C17H25N5O. The lowest BCUT2D eigenvalue weighted by Crippen LogP contribution is -2.38. The molecule has 1 aliphatic rings. The van der Waals surface area contributed by atoms with E-state index in [1.54, 1.807) is 0 Å². The molecule has 0 aliphatic carbocycles. The molecule has 6 heteroatoms. The van der Waals surface area contributed by atoms with Crippen LogP contribution >= 0.6 is 0 Å². The monoisotopic (exact) mass is 315 g/mol. The van der Waals surface area contributed by atoms with E-state index in [-0.39, 0.29) is 6.10 Å². The van der Waals surface area contributed by atoms with Crippen molar-refractivity contribution in [2.75, 3.05) is 38.7 Å². The van der Waals surface area contributed by atoms with Crippen molar-refractivity contribution in [2.45, 2.75) is 19.6 Å². The maximum Gasteiger partial charge on any atom is 0.112 e. The summed E-state index contributed by atoms with van der Waals surface area (Å²) >= 11 is 0. The lowest BCUT2D eigenvalue weighted by Gasteiger charge is -2.33. The van der Waals surface area contributed by atoms with Crippen LogP contribution in [-0.2, 0) is 18.3 Å². The Labute approximate surface area is 137 Å². The van der Waals surface area contributed by atoms with Gasteiger partial charge >= 0.3 is 0 Å². The van der Waals surface area contributed by atoms with E-state index in [2.05, 4.69) is 47.2 Å². The average molecular weight is 315 g/mol. The first-order valence-electron chi connectivity index (χ1n) is 7.99. The smallest absolute Gasteiger partial charge is 0.112 e. The molecule has 2 aromatic rings. The van der Waals surface area contributed by atoms with Gasteiger partial charge < -0.3 is 9.64 Å². The molecule has 2 aromatic heterocycles. The van der Waals surface area contributed by atoms with Crippen molar-refractivity contribution < 1.29 is 4.74 Å². The molecule has 23 heavy (non-hydrogen) atoms. The number of nitrogens with zero attached hydrogens (tertiary/aromatic N) is 5. The van der Waals surface area contributed by atoms with Crippen LogP contribution in [-0.4, -0.2) is 53.5 Å². The Hall–Kier alpha value is -1.92. The predicted molar refractivity (Wildman–Crippen MR) is 90.5 cm³/mol. The Balaban J connectivity index is 1.74. The molecule has 1 atom stereocenters. The Morgan fingerprint density at radius 1 is 1.35 bits per heavy atom. The van der Waals surface area contributed by atoms with Gasteiger partial charge in [-0.15, -0.1) is 0 Å². The summed E-state index contributed by atoms with van der Waals surface area (Å²) in [5.41, 5.74) is 4.43. The summed E-state index contributed by atoms with van der Waals surface area (Å²) in [6.07, 6.45) is 1.87. The molecule has 3 heterocycles. The lowest BCUT2D eigenvalue weighted by atomic mass is 10.1. The fourth-order valence-electron chi connectivity index (χ4n) is 2.91. The number of hydrogen-bond donors (Lipinski definition) is 0. The van der Waals surface area contributed by atoms with E-state index in [0.29, 0.717) is 0 Å². The molecule has 1 saturated heterocycles. The van der Waals surface area contributed by atoms with Crippen molar-refractivity contribution in [3.05, 3.63) is 41.5 Å². The fourth-order valence-corrected chi connectivity index (χ4v) is 2.91. The quantitative estimate of drug-likeness (QED) is 0.860. The van der Waals surface area contributed by atoms with Gasteiger partial charge in [-0.25, -0.2) is 0 Å². The summed E-state index contributed by atoms with van der Waals surface area (Å²) in [4.78, 5) is 9.21. The number of rotatable bonds is 4. The molecule has 0 bridgehead atoms. The standard InChI is InChI=1S/C17H25N5O/c1-13-9-15(20(2)3)10-16(19-13)17-12-22(7-8-23-17)11-14-5-6-18-21(14)4/h5-6,9-10,17H,7-8,11-12H2,1-4H3/t17-/m1/s1. The zero-order chi connectivity index (χ0) is 16.4. The Kier molecular flexibility index (Phi) is 4.63. The molecule has 1 aliphatic heterocycles. The molecular weight excluding hydrogens is 290 g/mol. The minimum Gasteiger partial charge on any atom is -0.378 e. The van der Waals surface area contributed by atoms with Gasteiger partial charge in [0.1, 0.15) is 6.10 Å². The van der Waals surface area contributed by atoms with Crippen LogP contribution in [0, 0.1) is 6.92 Å². The van der Waals surface area contributed by atoms with Gasteiger partial charge in [0.25, 0.3) is 0 Å². The third kappa shape index (κ3) is 3.71. The van der Waals surface area contributed by atoms with Crippen LogP contribution in [0.2, 0.25) is 0 Å². The number of morpholine rings is 1. The number of hydrogen-bond acceptors (Lipinski definition) is 5. The summed E-state index contributed by atoms with van der Waals surface area (Å²) in [6.45, 7) is 5.45. The average Bonchev–Trinajstić information content (AvgIpc) is 2.92. The van der Waals surface area contributed by atoms with Gasteiger partial charge in [-0.05, 0) is 25.1 Å². The SMILES string of the molecule is Cc1cc(N(C)C)cc([C@H]2CN(Cc3ccnn3C)CCO2)n1. The second-order valence-electron chi connectivity index (χ2n) is 6.33. The first kappa shape index (κ1) is 16.0. The van der Waals surface area contributed by atoms with Gasteiger partial charge in [0.15, 0.2) is 0 Å². The van der Waals surface area contributed by atoms with Crippen LogP contribution in [0.4, 0.5) is 5.69 Å². The minimum atomic E-state index is 0.0237. The molecule has 124 valence electrons. The number of ether oxygens (including phenoxy) is 1. The zero-order valence-corrected chi connectivity index (χ0v) is 14.4. The normalized spacial score (nSPS) is 19.0. The van der Waals surface area contributed by atoms with Crippen LogP contribution in [0.3, 0.4) is 0 Å². The molecule has 0 spiro atoms. The van der Waals surface area contributed by atoms with Gasteiger partial charge in [0.05, 0.1) is 18.0 Å². The van der Waals surface area contributed by atoms with Gasteiger partial charge in [-0.1, -0.05) is 0 Å². The third-order valence-electron chi connectivity index (χ3n) is 4.26. The first-order valence-corrected chi connectivity index (χ1v) is 7.99. The molecule has 0 amide bonds. The number of pyridine rings is 1. The lowest BCUT2D eigenvalue weighted by molar-refractivity contribution is -0.0356. The third-order valence-corrected chi connectivity index (χ3v) is 4.26. The van der Waals surface area contributed by atoms with Crippen molar-refractivity contribution in [1.29, 1.82) is 0 Å². The Bertz CT molecular complexity index is 667. The van der Waals surface area contributed by atoms with E-state index in [1.165, 1.54) is 11.4 Å². The van der Waals surface area contributed by atoms with E-state index in [4.69, 9.17) is 9.72 Å². The van der Waals surface area contributed by atoms with Gasteiger partial charge in [0, 0.05) is 58.4 Å². The fraction of sp³-hybridized carbons (Fsp3) is 0.529. The molecule has 0 saturated carbocycles. The van der Waals surface area contributed by atoms with Gasteiger partial charge in [-0.2, -0.15) is 5.10 Å². The maximum absolute atomic E-state index is 5.99. The number of anilines is 1. The van der Waals surface area contributed by atoms with Crippen molar-refractivity contribution in [2.24, 2.45) is 7.05 Å². The maximum atomic E-state index is 5.99. The number of aromatic nitrogens is 3. The molecule has 0 N–H and O–H groups in total. The van der Waals surface area contributed by atoms with E-state index in [0.717, 1.165) is 37.6 Å². The molecule has 0 unspecified atom stereocenters. The summed E-state index contributed by atoms with van der Waals surface area (Å²) in [7, 11) is 6.09. The molecule has 1 fully saturated rings. The molecule has 3 rings (SSSR count). The highest BCUT2D eigenvalue weighted by molar-refractivity contribution is 5.47. The zero-order valence-electron chi connectivity index (χ0n) is 14.4. The molecule has 0 radical (unpaired) electrons. The summed E-state index contributed by atoms with van der Waals surface area (Å²) < 4.78 is 7.92. The largest absolute Gasteiger partial charge is 0.378 e. The van der Waals surface area contributed by atoms with Gasteiger partial charge in [-0.3, -0.25) is 14.6 Å². The van der Waals surface area contributed by atoms with Crippen LogP contribution in [0.25, 0.3) is 0 Å². The predicted octanol–water partition coefficient (Wildman–Crippen LogP) is 1.76. The summed E-state index contributed by atoms with van der Waals surface area (Å²) in [5.74, 6) is 0. The highest BCUT2D eigenvalue weighted by Gasteiger charge is 2.24. The minimum absolute atomic E-state index is 0.0237.